The molecule has 3 rings (SSSR count). The highest BCUT2D eigenvalue weighted by atomic mass is 16.5. The van der Waals surface area contributed by atoms with Gasteiger partial charge < -0.3 is 19.2 Å². The first-order chi connectivity index (χ1) is 12.1. The zero-order chi connectivity index (χ0) is 17.8. The van der Waals surface area contributed by atoms with E-state index in [9.17, 15) is 9.59 Å². The molecule has 0 aliphatic carbocycles. The van der Waals surface area contributed by atoms with Crippen molar-refractivity contribution in [3.63, 3.8) is 0 Å². The van der Waals surface area contributed by atoms with E-state index >= 15 is 0 Å². The smallest absolute Gasteiger partial charge is 0.322 e. The van der Waals surface area contributed by atoms with Crippen LogP contribution in [0.3, 0.4) is 0 Å². The van der Waals surface area contributed by atoms with E-state index in [0.29, 0.717) is 11.0 Å². The van der Waals surface area contributed by atoms with Crippen LogP contribution in [0, 0.1) is 0 Å². The Labute approximate surface area is 141 Å². The number of rotatable bonds is 5. The second kappa shape index (κ2) is 6.95. The maximum absolute atomic E-state index is 12.2. The molecule has 0 bridgehead atoms. The van der Waals surface area contributed by atoms with Crippen LogP contribution in [-0.4, -0.2) is 35.1 Å². The van der Waals surface area contributed by atoms with Gasteiger partial charge in [-0.1, -0.05) is 12.1 Å². The monoisotopic (exact) mass is 342 g/mol. The van der Waals surface area contributed by atoms with Crippen LogP contribution >= 0.6 is 0 Å². The molecule has 0 atom stereocenters. The Balaban J connectivity index is 1.80. The number of nitrogens with one attached hydrogen (secondary N) is 1. The van der Waals surface area contributed by atoms with E-state index in [-0.39, 0.29) is 35.6 Å². The van der Waals surface area contributed by atoms with E-state index in [2.05, 4.69) is 20.3 Å². The summed E-state index contributed by atoms with van der Waals surface area (Å²) in [5.74, 6) is -0.432. The van der Waals surface area contributed by atoms with Gasteiger partial charge in [0.2, 0.25) is 0 Å². The Hall–Kier alpha value is -3.49. The molecule has 128 valence electrons. The molecule has 0 radical (unpaired) electrons. The number of methoxy groups -OCH3 is 2. The van der Waals surface area contributed by atoms with Crippen molar-refractivity contribution < 1.29 is 18.7 Å². The third-order valence-corrected chi connectivity index (χ3v) is 3.27. The summed E-state index contributed by atoms with van der Waals surface area (Å²) < 4.78 is 15.3. The predicted octanol–water partition coefficient (Wildman–Crippen LogP) is 0.925. The summed E-state index contributed by atoms with van der Waals surface area (Å²) in [6, 6.07) is 7.96. The summed E-state index contributed by atoms with van der Waals surface area (Å²) in [7, 11) is 2.81. The van der Waals surface area contributed by atoms with Crippen LogP contribution in [0.1, 0.15) is 16.4 Å². The van der Waals surface area contributed by atoms with E-state index in [1.54, 1.807) is 24.3 Å². The summed E-state index contributed by atoms with van der Waals surface area (Å²) in [6.07, 6.45) is 0. The van der Waals surface area contributed by atoms with Crippen molar-refractivity contribution in [2.75, 3.05) is 14.2 Å². The zero-order valence-electron chi connectivity index (χ0n) is 13.5. The number of hydrogen-bond donors (Lipinski definition) is 1. The zero-order valence-corrected chi connectivity index (χ0v) is 13.5. The van der Waals surface area contributed by atoms with Gasteiger partial charge in [-0.2, -0.15) is 9.97 Å². The molecule has 9 heteroatoms. The minimum Gasteiger partial charge on any atom is -0.467 e. The van der Waals surface area contributed by atoms with Crippen LogP contribution in [0.15, 0.2) is 39.5 Å². The summed E-state index contributed by atoms with van der Waals surface area (Å²) in [5.41, 5.74) is 0.0409. The van der Waals surface area contributed by atoms with Gasteiger partial charge in [-0.25, -0.2) is 0 Å². The average molecular weight is 342 g/mol. The van der Waals surface area contributed by atoms with Crippen molar-refractivity contribution in [1.82, 2.24) is 20.3 Å². The topological polar surface area (TPSA) is 116 Å². The molecule has 0 saturated carbocycles. The first kappa shape index (κ1) is 16.4. The van der Waals surface area contributed by atoms with Gasteiger partial charge in [0.25, 0.3) is 5.91 Å². The Morgan fingerprint density at radius 3 is 2.48 bits per heavy atom. The maximum atomic E-state index is 12.2. The first-order valence-electron chi connectivity index (χ1n) is 7.24. The quantitative estimate of drug-likeness (QED) is 0.728. The lowest BCUT2D eigenvalue weighted by Crippen LogP contribution is -2.25. The molecule has 0 fully saturated rings. The lowest BCUT2D eigenvalue weighted by Gasteiger charge is -2.07. The van der Waals surface area contributed by atoms with Gasteiger partial charge >= 0.3 is 12.0 Å². The lowest BCUT2D eigenvalue weighted by atomic mass is 10.2. The molecule has 1 amide bonds. The van der Waals surface area contributed by atoms with Crippen LogP contribution in [0.5, 0.6) is 12.0 Å². The van der Waals surface area contributed by atoms with E-state index in [4.69, 9.17) is 13.9 Å². The van der Waals surface area contributed by atoms with Crippen molar-refractivity contribution in [2.24, 2.45) is 0 Å². The molecule has 0 aliphatic rings. The standard InChI is InChI=1S/C16H14N4O5/c1-23-15-18-13(19-16(20-15)24-2)8-17-14(22)12-7-10(21)9-5-3-4-6-11(9)25-12/h3-7H,8H2,1-2H3,(H,17,22). The molecule has 2 heterocycles. The summed E-state index contributed by atoms with van der Waals surface area (Å²) >= 11 is 0. The van der Waals surface area contributed by atoms with Gasteiger partial charge in [0.05, 0.1) is 26.2 Å². The van der Waals surface area contributed by atoms with Gasteiger partial charge in [0, 0.05) is 6.07 Å². The van der Waals surface area contributed by atoms with E-state index < -0.39 is 5.91 Å². The van der Waals surface area contributed by atoms with Crippen LogP contribution < -0.4 is 20.2 Å². The van der Waals surface area contributed by atoms with Gasteiger partial charge in [0.1, 0.15) is 5.58 Å². The highest BCUT2D eigenvalue weighted by molar-refractivity contribution is 5.93. The summed E-state index contributed by atoms with van der Waals surface area (Å²) in [6.45, 7) is -0.0232. The van der Waals surface area contributed by atoms with Gasteiger partial charge in [-0.3, -0.25) is 9.59 Å². The van der Waals surface area contributed by atoms with E-state index in [1.165, 1.54) is 14.2 Å². The Kier molecular flexibility index (Phi) is 4.55. The molecule has 0 aliphatic heterocycles. The van der Waals surface area contributed by atoms with Crippen molar-refractivity contribution in [1.29, 1.82) is 0 Å². The number of carbonyl (C=O) groups excluding carboxylic acids is 1. The second-order valence-electron chi connectivity index (χ2n) is 4.88. The average Bonchev–Trinajstić information content (AvgIpc) is 2.65. The number of amides is 1. The molecule has 9 nitrogen and oxygen atoms in total. The van der Waals surface area contributed by atoms with Gasteiger partial charge in [0.15, 0.2) is 17.0 Å². The molecular formula is C16H14N4O5. The summed E-state index contributed by atoms with van der Waals surface area (Å²) in [5, 5.41) is 2.98. The number of nitrogens with zero attached hydrogens (tertiary/aromatic N) is 3. The number of benzene rings is 1. The summed E-state index contributed by atoms with van der Waals surface area (Å²) in [4.78, 5) is 36.1. The SMILES string of the molecule is COc1nc(CNC(=O)c2cc(=O)c3ccccc3o2)nc(OC)n1. The molecule has 0 spiro atoms. The second-order valence-corrected chi connectivity index (χ2v) is 4.88. The molecular weight excluding hydrogens is 328 g/mol. The number of fused-ring (bicyclic) bond motifs is 1. The molecule has 2 aromatic heterocycles. The Morgan fingerprint density at radius 1 is 1.12 bits per heavy atom. The highest BCUT2D eigenvalue weighted by Gasteiger charge is 2.14. The van der Waals surface area contributed by atoms with Crippen LogP contribution in [-0.2, 0) is 6.54 Å². The first-order valence-corrected chi connectivity index (χ1v) is 7.24. The van der Waals surface area contributed by atoms with Crippen molar-refractivity contribution in [2.45, 2.75) is 6.54 Å². The van der Waals surface area contributed by atoms with Crippen molar-refractivity contribution >= 4 is 16.9 Å². The number of aromatic nitrogens is 3. The predicted molar refractivity (Wildman–Crippen MR) is 86.6 cm³/mol. The molecule has 25 heavy (non-hydrogen) atoms. The largest absolute Gasteiger partial charge is 0.467 e. The van der Waals surface area contributed by atoms with E-state index in [1.807, 2.05) is 0 Å². The van der Waals surface area contributed by atoms with Gasteiger partial charge in [-0.05, 0) is 12.1 Å². The van der Waals surface area contributed by atoms with Crippen molar-refractivity contribution in [3.8, 4) is 12.0 Å². The number of hydrogen-bond acceptors (Lipinski definition) is 8. The van der Waals surface area contributed by atoms with Gasteiger partial charge in [-0.15, -0.1) is 4.98 Å². The Morgan fingerprint density at radius 2 is 1.80 bits per heavy atom. The molecule has 3 aromatic rings. The lowest BCUT2D eigenvalue weighted by molar-refractivity contribution is 0.0922. The minimum atomic E-state index is -0.568. The molecule has 0 saturated heterocycles. The maximum Gasteiger partial charge on any atom is 0.322 e. The highest BCUT2D eigenvalue weighted by Crippen LogP contribution is 2.12. The van der Waals surface area contributed by atoms with E-state index in [0.717, 1.165) is 6.07 Å². The number of para-hydroxylation sites is 1. The van der Waals surface area contributed by atoms with Crippen molar-refractivity contribution in [3.05, 3.63) is 52.1 Å². The fraction of sp³-hybridized carbons (Fsp3) is 0.188. The fourth-order valence-electron chi connectivity index (χ4n) is 2.10. The molecule has 0 unspecified atom stereocenters. The number of carbonyl (C=O) groups is 1. The normalized spacial score (nSPS) is 10.5. The molecule has 1 N–H and O–H groups in total. The third kappa shape index (κ3) is 3.55. The Bertz CT molecular complexity index is 963. The fourth-order valence-corrected chi connectivity index (χ4v) is 2.10. The minimum absolute atomic E-state index is 0.0232. The van der Waals surface area contributed by atoms with Crippen LogP contribution in [0.25, 0.3) is 11.0 Å². The molecule has 1 aromatic carbocycles. The number of ether oxygens (including phenoxy) is 2. The van der Waals surface area contributed by atoms with Crippen LogP contribution in [0.2, 0.25) is 0 Å². The van der Waals surface area contributed by atoms with Crippen LogP contribution in [0.4, 0.5) is 0 Å². The third-order valence-electron chi connectivity index (χ3n) is 3.27.